The monoisotopic (exact) mass is 266 g/mol. The summed E-state index contributed by atoms with van der Waals surface area (Å²) in [5, 5.41) is 0. The molecular formula is C15H19FO3. The number of hydrogen-bond donors (Lipinski definition) is 0. The van der Waals surface area contributed by atoms with Gasteiger partial charge in [0, 0.05) is 5.57 Å². The van der Waals surface area contributed by atoms with Gasteiger partial charge in [0.25, 0.3) is 0 Å². The van der Waals surface area contributed by atoms with Crippen molar-refractivity contribution >= 4 is 11.8 Å². The Labute approximate surface area is 112 Å². The van der Waals surface area contributed by atoms with Crippen LogP contribution < -0.4 is 0 Å². The van der Waals surface area contributed by atoms with Crippen molar-refractivity contribution in [2.75, 3.05) is 6.61 Å². The van der Waals surface area contributed by atoms with Crippen LogP contribution in [0.2, 0.25) is 0 Å². The van der Waals surface area contributed by atoms with Crippen LogP contribution in [0, 0.1) is 11.8 Å². The molecule has 0 spiro atoms. The predicted molar refractivity (Wildman–Crippen MR) is 71.0 cm³/mol. The standard InChI is InChI=1S/C15H19FO3/c1-5-11(10(4)17)14(16)7-9(3)12-8-13(12)15(18)19-6-2/h5,7,12-13H,3,6,8H2,1-2,4H3/b11-5-,14-7+/t12-,13+/m1/s1. The summed E-state index contributed by atoms with van der Waals surface area (Å²) in [5.74, 6) is -1.49. The number of allylic oxidation sites excluding steroid dienone is 5. The second-order valence-electron chi connectivity index (χ2n) is 4.53. The molecule has 1 rings (SSSR count). The van der Waals surface area contributed by atoms with E-state index in [2.05, 4.69) is 6.58 Å². The van der Waals surface area contributed by atoms with E-state index in [1.807, 2.05) is 0 Å². The third-order valence-electron chi connectivity index (χ3n) is 3.09. The molecule has 0 aliphatic heterocycles. The van der Waals surface area contributed by atoms with Gasteiger partial charge >= 0.3 is 5.97 Å². The fourth-order valence-corrected chi connectivity index (χ4v) is 1.97. The van der Waals surface area contributed by atoms with Gasteiger partial charge in [-0.15, -0.1) is 0 Å². The van der Waals surface area contributed by atoms with Crippen molar-refractivity contribution in [3.63, 3.8) is 0 Å². The third-order valence-corrected chi connectivity index (χ3v) is 3.09. The molecule has 0 saturated heterocycles. The number of esters is 1. The first kappa shape index (κ1) is 15.3. The molecule has 1 aliphatic rings. The molecule has 1 aliphatic carbocycles. The Morgan fingerprint density at radius 3 is 2.53 bits per heavy atom. The van der Waals surface area contributed by atoms with Gasteiger partial charge in [0.05, 0.1) is 12.5 Å². The molecule has 19 heavy (non-hydrogen) atoms. The average Bonchev–Trinajstić information content (AvgIpc) is 3.09. The molecule has 0 radical (unpaired) electrons. The topological polar surface area (TPSA) is 43.4 Å². The molecule has 0 aromatic rings. The highest BCUT2D eigenvalue weighted by Gasteiger charge is 2.45. The van der Waals surface area contributed by atoms with Crippen LogP contribution in [0.5, 0.6) is 0 Å². The molecule has 0 bridgehead atoms. The minimum Gasteiger partial charge on any atom is -0.466 e. The Morgan fingerprint density at radius 1 is 1.42 bits per heavy atom. The lowest BCUT2D eigenvalue weighted by atomic mass is 10.1. The second kappa shape index (κ2) is 6.45. The molecule has 1 fully saturated rings. The van der Waals surface area contributed by atoms with E-state index in [9.17, 15) is 14.0 Å². The van der Waals surface area contributed by atoms with Crippen LogP contribution in [-0.2, 0) is 14.3 Å². The Hall–Kier alpha value is -1.71. The van der Waals surface area contributed by atoms with Crippen molar-refractivity contribution < 1.29 is 18.7 Å². The SMILES string of the molecule is C=C(/C=C(F)\C(=C/C)C(C)=O)[C@H]1C[C@@H]1C(=O)OCC. The minimum atomic E-state index is -0.602. The van der Waals surface area contributed by atoms with E-state index in [1.165, 1.54) is 19.1 Å². The number of ketones is 1. The highest BCUT2D eigenvalue weighted by Crippen LogP contribution is 2.45. The Balaban J connectivity index is 2.67. The molecule has 1 saturated carbocycles. The lowest BCUT2D eigenvalue weighted by Crippen LogP contribution is -2.08. The summed E-state index contributed by atoms with van der Waals surface area (Å²) in [6.07, 6.45) is 3.30. The highest BCUT2D eigenvalue weighted by atomic mass is 19.1. The Kier molecular flexibility index (Phi) is 5.21. The molecule has 0 unspecified atom stereocenters. The number of hydrogen-bond acceptors (Lipinski definition) is 3. The van der Waals surface area contributed by atoms with Gasteiger partial charge in [-0.2, -0.15) is 0 Å². The maximum Gasteiger partial charge on any atom is 0.309 e. The summed E-state index contributed by atoms with van der Waals surface area (Å²) in [4.78, 5) is 22.6. The fraction of sp³-hybridized carbons (Fsp3) is 0.467. The van der Waals surface area contributed by atoms with E-state index in [-0.39, 0.29) is 29.2 Å². The predicted octanol–water partition coefficient (Wildman–Crippen LogP) is 3.13. The number of rotatable bonds is 6. The zero-order valence-corrected chi connectivity index (χ0v) is 11.5. The normalized spacial score (nSPS) is 22.9. The quantitative estimate of drug-likeness (QED) is 0.421. The molecule has 0 heterocycles. The van der Waals surface area contributed by atoms with E-state index in [4.69, 9.17) is 4.74 Å². The van der Waals surface area contributed by atoms with Gasteiger partial charge < -0.3 is 4.74 Å². The number of Topliss-reactive ketones (excluding diaryl/α,β-unsaturated/α-hetero) is 1. The lowest BCUT2D eigenvalue weighted by Gasteiger charge is -2.03. The van der Waals surface area contributed by atoms with Crippen LogP contribution in [-0.4, -0.2) is 18.4 Å². The number of carbonyl (C=O) groups excluding carboxylic acids is 2. The third kappa shape index (κ3) is 3.88. The molecule has 3 nitrogen and oxygen atoms in total. The van der Waals surface area contributed by atoms with E-state index in [1.54, 1.807) is 13.8 Å². The zero-order valence-electron chi connectivity index (χ0n) is 11.5. The largest absolute Gasteiger partial charge is 0.466 e. The molecule has 0 aromatic heterocycles. The van der Waals surface area contributed by atoms with Crippen LogP contribution in [0.3, 0.4) is 0 Å². The van der Waals surface area contributed by atoms with E-state index in [0.717, 1.165) is 0 Å². The van der Waals surface area contributed by atoms with Crippen molar-refractivity contribution in [3.05, 3.63) is 35.7 Å². The Bertz CT molecular complexity index is 460. The highest BCUT2D eigenvalue weighted by molar-refractivity contribution is 5.97. The van der Waals surface area contributed by atoms with Gasteiger partial charge in [-0.1, -0.05) is 12.7 Å². The van der Waals surface area contributed by atoms with Crippen LogP contribution >= 0.6 is 0 Å². The summed E-state index contributed by atoms with van der Waals surface area (Å²) in [6.45, 7) is 8.76. The number of ether oxygens (including phenoxy) is 1. The van der Waals surface area contributed by atoms with Crippen LogP contribution in [0.4, 0.5) is 4.39 Å². The van der Waals surface area contributed by atoms with E-state index in [0.29, 0.717) is 18.6 Å². The summed E-state index contributed by atoms with van der Waals surface area (Å²) < 4.78 is 18.7. The van der Waals surface area contributed by atoms with E-state index < -0.39 is 5.83 Å². The van der Waals surface area contributed by atoms with Gasteiger partial charge in [0.2, 0.25) is 0 Å². The zero-order chi connectivity index (χ0) is 14.6. The Morgan fingerprint density at radius 2 is 2.05 bits per heavy atom. The van der Waals surface area contributed by atoms with Crippen molar-refractivity contribution in [1.82, 2.24) is 0 Å². The van der Waals surface area contributed by atoms with Gasteiger partial charge in [0.15, 0.2) is 5.78 Å². The van der Waals surface area contributed by atoms with Crippen LogP contribution in [0.25, 0.3) is 0 Å². The van der Waals surface area contributed by atoms with Crippen LogP contribution in [0.1, 0.15) is 27.2 Å². The molecule has 0 amide bonds. The summed E-state index contributed by atoms with van der Waals surface area (Å²) >= 11 is 0. The fourth-order valence-electron chi connectivity index (χ4n) is 1.97. The molecule has 4 heteroatoms. The van der Waals surface area contributed by atoms with Crippen molar-refractivity contribution in [3.8, 4) is 0 Å². The van der Waals surface area contributed by atoms with Crippen molar-refractivity contribution in [1.29, 1.82) is 0 Å². The molecule has 0 aromatic carbocycles. The van der Waals surface area contributed by atoms with Gasteiger partial charge in [-0.05, 0) is 44.8 Å². The smallest absolute Gasteiger partial charge is 0.309 e. The second-order valence-corrected chi connectivity index (χ2v) is 4.53. The molecule has 2 atom stereocenters. The summed E-state index contributed by atoms with van der Waals surface area (Å²) in [6, 6.07) is 0. The maximum absolute atomic E-state index is 13.8. The van der Waals surface area contributed by atoms with Gasteiger partial charge in [0.1, 0.15) is 5.83 Å². The molecule has 104 valence electrons. The summed E-state index contributed by atoms with van der Waals surface area (Å²) in [7, 11) is 0. The number of carbonyl (C=O) groups is 2. The van der Waals surface area contributed by atoms with Crippen LogP contribution in [0.15, 0.2) is 35.7 Å². The molecular weight excluding hydrogens is 247 g/mol. The number of halogens is 1. The molecule has 0 N–H and O–H groups in total. The van der Waals surface area contributed by atoms with Gasteiger partial charge in [-0.25, -0.2) is 4.39 Å². The van der Waals surface area contributed by atoms with Crippen molar-refractivity contribution in [2.24, 2.45) is 11.8 Å². The first-order valence-corrected chi connectivity index (χ1v) is 6.32. The maximum atomic E-state index is 13.8. The average molecular weight is 266 g/mol. The summed E-state index contributed by atoms with van der Waals surface area (Å²) in [5.41, 5.74) is 0.561. The van der Waals surface area contributed by atoms with Gasteiger partial charge in [-0.3, -0.25) is 9.59 Å². The minimum absolute atomic E-state index is 0.0366. The van der Waals surface area contributed by atoms with E-state index >= 15 is 0 Å². The first-order chi connectivity index (χ1) is 8.92. The lowest BCUT2D eigenvalue weighted by molar-refractivity contribution is -0.144. The first-order valence-electron chi connectivity index (χ1n) is 6.32. The van der Waals surface area contributed by atoms with Crippen molar-refractivity contribution in [2.45, 2.75) is 27.2 Å².